The second-order valence-electron chi connectivity index (χ2n) is 11.2. The van der Waals surface area contributed by atoms with E-state index in [0.29, 0.717) is 36.3 Å². The third-order valence-electron chi connectivity index (χ3n) is 7.15. The lowest BCUT2D eigenvalue weighted by Crippen LogP contribution is -2.35. The van der Waals surface area contributed by atoms with Crippen LogP contribution < -0.4 is 21.3 Å². The molecule has 0 aliphatic carbocycles. The van der Waals surface area contributed by atoms with Crippen LogP contribution in [0.25, 0.3) is 0 Å². The molecule has 1 aliphatic heterocycles. The zero-order valence-electron chi connectivity index (χ0n) is 28.8. The highest BCUT2D eigenvalue weighted by molar-refractivity contribution is 6.08. The maximum absolute atomic E-state index is 12.6. The quantitative estimate of drug-likeness (QED) is 0.156. The van der Waals surface area contributed by atoms with Crippen molar-refractivity contribution in [2.45, 2.75) is 31.7 Å². The number of hydrogen-bond donors (Lipinski definition) is 5. The van der Waals surface area contributed by atoms with E-state index >= 15 is 0 Å². The average molecular weight is 794 g/mol. The summed E-state index contributed by atoms with van der Waals surface area (Å²) in [5.41, 5.74) is 15.8. The van der Waals surface area contributed by atoms with Gasteiger partial charge in [-0.1, -0.05) is 42.5 Å². The lowest BCUT2D eigenvalue weighted by atomic mass is 10.1. The summed E-state index contributed by atoms with van der Waals surface area (Å²) in [4.78, 5) is 72.1. The number of aromatic nitrogens is 1. The number of nitrogens with two attached hydrogens (primary N) is 2. The molecule has 3 aromatic carbocycles. The summed E-state index contributed by atoms with van der Waals surface area (Å²) >= 11 is 0. The molecule has 14 nitrogen and oxygen atoms in total. The van der Waals surface area contributed by atoms with Crippen molar-refractivity contribution < 1.29 is 70.4 Å². The highest BCUT2D eigenvalue weighted by atomic mass is 19.4. The smallest absolute Gasteiger partial charge is 0.480 e. The van der Waals surface area contributed by atoms with Crippen molar-refractivity contribution in [2.75, 3.05) is 22.9 Å². The van der Waals surface area contributed by atoms with E-state index < -0.39 is 42.7 Å². The minimum atomic E-state index is -5.08. The molecule has 0 atom stereocenters. The molecule has 1 aromatic heterocycles. The Bertz CT molecular complexity index is 1970. The van der Waals surface area contributed by atoms with E-state index in [1.54, 1.807) is 71.9 Å². The van der Waals surface area contributed by atoms with Crippen LogP contribution in [0.3, 0.4) is 0 Å². The Morgan fingerprint density at radius 2 is 1.34 bits per heavy atom. The van der Waals surface area contributed by atoms with Gasteiger partial charge in [0.25, 0.3) is 5.91 Å². The van der Waals surface area contributed by atoms with Gasteiger partial charge < -0.3 is 31.7 Å². The number of anilines is 2. The summed E-state index contributed by atoms with van der Waals surface area (Å²) in [5.74, 6) is -7.42. The van der Waals surface area contributed by atoms with Crippen LogP contribution >= 0.6 is 0 Å². The van der Waals surface area contributed by atoms with E-state index in [1.165, 1.54) is 4.90 Å². The van der Waals surface area contributed by atoms with E-state index in [9.17, 15) is 45.5 Å². The molecule has 0 saturated carbocycles. The van der Waals surface area contributed by atoms with E-state index in [2.05, 4.69) is 4.98 Å². The first-order valence-electron chi connectivity index (χ1n) is 15.8. The summed E-state index contributed by atoms with van der Waals surface area (Å²) in [6, 6.07) is 24.6. The number of fused-ring (bicyclic) bond motifs is 1. The topological polar surface area (TPSA) is 235 Å². The van der Waals surface area contributed by atoms with Crippen molar-refractivity contribution >= 4 is 47.0 Å². The third-order valence-corrected chi connectivity index (χ3v) is 7.15. The Labute approximate surface area is 313 Å². The predicted molar refractivity (Wildman–Crippen MR) is 186 cm³/mol. The number of benzene rings is 3. The summed E-state index contributed by atoms with van der Waals surface area (Å²) in [6.07, 6.45) is -5.70. The number of hydrogen-bond acceptors (Lipinski definition) is 8. The standard InChI is InChI=1S/C16H15N3O2.C16H16N2O3.2C2HF3O2/c17-16(21)13-4-3-12-5-7-19(14(12)9-13)15(20)8-11-2-1-6-18-10-11;17-10-12-5-4-6-13(9-12)16(21)18(11-15(19)20)14-7-2-1-3-8-14;2*3-2(4,5)1(6)7/h1-4,6,9-10H,5,7-8H2,(H2,17,21);1-9H,10-11,17H2,(H,19,20);2*(H,6,7). The number of aliphatic carboxylic acids is 3. The second kappa shape index (κ2) is 20.6. The van der Waals surface area contributed by atoms with Gasteiger partial charge in [-0.3, -0.25) is 29.1 Å². The van der Waals surface area contributed by atoms with E-state index in [4.69, 9.17) is 36.4 Å². The molecule has 0 unspecified atom stereocenters. The molecule has 5 rings (SSSR count). The van der Waals surface area contributed by atoms with Gasteiger partial charge in [-0.15, -0.1) is 0 Å². The number of nitrogens with zero attached hydrogens (tertiary/aromatic N) is 3. The van der Waals surface area contributed by atoms with Crippen molar-refractivity contribution in [1.82, 2.24) is 4.98 Å². The second-order valence-corrected chi connectivity index (χ2v) is 11.2. The SMILES string of the molecule is NC(=O)c1ccc2c(c1)N(C(=O)Cc1cccnc1)CC2.NCc1cccc(C(=O)N(CC(=O)O)c2ccccc2)c1.O=C(O)C(F)(F)F.O=C(O)C(F)(F)F. The van der Waals surface area contributed by atoms with Crippen LogP contribution in [0.15, 0.2) is 97.3 Å². The molecule has 0 bridgehead atoms. The zero-order valence-corrected chi connectivity index (χ0v) is 28.8. The van der Waals surface area contributed by atoms with Crippen molar-refractivity contribution in [3.8, 4) is 0 Å². The number of amides is 3. The fourth-order valence-electron chi connectivity index (χ4n) is 4.57. The minimum Gasteiger partial charge on any atom is -0.480 e. The van der Waals surface area contributed by atoms with E-state index in [0.717, 1.165) is 28.8 Å². The van der Waals surface area contributed by atoms with Crippen LogP contribution in [0.5, 0.6) is 0 Å². The van der Waals surface area contributed by atoms with Crippen LogP contribution in [0, 0.1) is 0 Å². The molecular formula is C36H33F6N5O9. The monoisotopic (exact) mass is 793 g/mol. The number of alkyl halides is 6. The Kier molecular flexibility index (Phi) is 16.7. The molecule has 0 radical (unpaired) electrons. The fourth-order valence-corrected chi connectivity index (χ4v) is 4.57. The Morgan fingerprint density at radius 1 is 0.750 bits per heavy atom. The number of carbonyl (C=O) groups is 6. The molecule has 1 aliphatic rings. The summed E-state index contributed by atoms with van der Waals surface area (Å²) in [5, 5.41) is 23.3. The first-order valence-corrected chi connectivity index (χ1v) is 15.8. The lowest BCUT2D eigenvalue weighted by Gasteiger charge is -2.21. The van der Waals surface area contributed by atoms with Crippen LogP contribution in [0.1, 0.15) is 37.4 Å². The molecule has 0 fully saturated rings. The molecule has 56 heavy (non-hydrogen) atoms. The van der Waals surface area contributed by atoms with Crippen molar-refractivity contribution in [3.05, 3.63) is 125 Å². The molecule has 2 heterocycles. The van der Waals surface area contributed by atoms with Crippen LogP contribution in [-0.2, 0) is 38.6 Å². The highest BCUT2D eigenvalue weighted by Gasteiger charge is 2.39. The van der Waals surface area contributed by atoms with Crippen LogP contribution in [0.2, 0.25) is 0 Å². The maximum atomic E-state index is 12.6. The molecule has 0 spiro atoms. The number of carboxylic acids is 3. The highest BCUT2D eigenvalue weighted by Crippen LogP contribution is 2.29. The van der Waals surface area contributed by atoms with Crippen LogP contribution in [-0.4, -0.2) is 81.4 Å². The Balaban J connectivity index is 0.000000291. The normalized spacial score (nSPS) is 11.5. The number of pyridine rings is 1. The number of carboxylic acid groups (broad SMARTS) is 3. The van der Waals surface area contributed by atoms with Gasteiger partial charge in [0.05, 0.1) is 6.42 Å². The van der Waals surface area contributed by atoms with E-state index in [1.807, 2.05) is 30.3 Å². The first kappa shape index (κ1) is 45.3. The zero-order chi connectivity index (χ0) is 42.2. The molecule has 298 valence electrons. The predicted octanol–water partition coefficient (Wildman–Crippen LogP) is 4.46. The minimum absolute atomic E-state index is 0.00312. The number of para-hydroxylation sites is 1. The van der Waals surface area contributed by atoms with Gasteiger partial charge in [0.15, 0.2) is 0 Å². The van der Waals surface area contributed by atoms with Crippen molar-refractivity contribution in [1.29, 1.82) is 0 Å². The van der Waals surface area contributed by atoms with Gasteiger partial charge in [-0.2, -0.15) is 26.3 Å². The van der Waals surface area contributed by atoms with Gasteiger partial charge in [-0.25, -0.2) is 9.59 Å². The van der Waals surface area contributed by atoms with Gasteiger partial charge in [0, 0.05) is 48.0 Å². The van der Waals surface area contributed by atoms with Gasteiger partial charge in [0.2, 0.25) is 11.8 Å². The molecule has 0 saturated heterocycles. The van der Waals surface area contributed by atoms with Crippen molar-refractivity contribution in [3.63, 3.8) is 0 Å². The molecule has 7 N–H and O–H groups in total. The van der Waals surface area contributed by atoms with Gasteiger partial charge >= 0.3 is 30.3 Å². The largest absolute Gasteiger partial charge is 0.490 e. The number of rotatable bonds is 8. The first-order chi connectivity index (χ1) is 26.1. The number of carbonyl (C=O) groups excluding carboxylic acids is 3. The third kappa shape index (κ3) is 14.5. The average Bonchev–Trinajstić information content (AvgIpc) is 3.58. The Morgan fingerprint density at radius 3 is 1.84 bits per heavy atom. The summed E-state index contributed by atoms with van der Waals surface area (Å²) in [7, 11) is 0. The lowest BCUT2D eigenvalue weighted by molar-refractivity contribution is -0.193. The van der Waals surface area contributed by atoms with Gasteiger partial charge in [0.1, 0.15) is 6.54 Å². The molecule has 20 heteroatoms. The number of primary amides is 1. The van der Waals surface area contributed by atoms with Crippen LogP contribution in [0.4, 0.5) is 37.7 Å². The van der Waals surface area contributed by atoms with E-state index in [-0.39, 0.29) is 11.8 Å². The summed E-state index contributed by atoms with van der Waals surface area (Å²) < 4.78 is 63.5. The van der Waals surface area contributed by atoms with Crippen molar-refractivity contribution in [2.24, 2.45) is 11.5 Å². The summed E-state index contributed by atoms with van der Waals surface area (Å²) in [6.45, 7) is 0.567. The Hall–Kier alpha value is -6.83. The molecule has 4 aromatic rings. The molecular weight excluding hydrogens is 760 g/mol. The fraction of sp³-hybridized carbons (Fsp3) is 0.194. The van der Waals surface area contributed by atoms with Gasteiger partial charge in [-0.05, 0) is 65.6 Å². The molecule has 3 amide bonds. The maximum Gasteiger partial charge on any atom is 0.490 e. The number of halogens is 6.